The normalized spacial score (nSPS) is 14.1. The van der Waals surface area contributed by atoms with Crippen molar-refractivity contribution in [2.45, 2.75) is 31.2 Å². The number of para-hydroxylation sites is 1. The van der Waals surface area contributed by atoms with Gasteiger partial charge in [-0.05, 0) is 30.5 Å². The highest BCUT2D eigenvalue weighted by molar-refractivity contribution is 5.94. The van der Waals surface area contributed by atoms with E-state index in [1.165, 1.54) is 6.20 Å². The fourth-order valence-corrected chi connectivity index (χ4v) is 3.94. The van der Waals surface area contributed by atoms with Crippen LogP contribution >= 0.6 is 0 Å². The smallest absolute Gasteiger partial charge is 0.253 e. The van der Waals surface area contributed by atoms with E-state index < -0.39 is 0 Å². The number of amides is 1. The molecular weight excluding hydrogens is 416 g/mol. The van der Waals surface area contributed by atoms with Gasteiger partial charge in [0.15, 0.2) is 0 Å². The second-order valence-electron chi connectivity index (χ2n) is 8.24. The molecule has 1 amide bonds. The van der Waals surface area contributed by atoms with Gasteiger partial charge in [0, 0.05) is 54.8 Å². The zero-order valence-electron chi connectivity index (χ0n) is 18.6. The summed E-state index contributed by atoms with van der Waals surface area (Å²) >= 11 is 0. The molecule has 0 aliphatic heterocycles. The zero-order valence-corrected chi connectivity index (χ0v) is 18.6. The van der Waals surface area contributed by atoms with Crippen molar-refractivity contribution in [3.63, 3.8) is 0 Å². The molecule has 0 saturated heterocycles. The van der Waals surface area contributed by atoms with Crippen molar-refractivity contribution in [3.8, 4) is 5.88 Å². The van der Waals surface area contributed by atoms with Crippen LogP contribution in [0.25, 0.3) is 10.9 Å². The van der Waals surface area contributed by atoms with Gasteiger partial charge in [0.2, 0.25) is 5.88 Å². The number of rotatable bonds is 8. The third kappa shape index (κ3) is 4.50. The number of benzene rings is 1. The quantitative estimate of drug-likeness (QED) is 0.381. The van der Waals surface area contributed by atoms with E-state index in [2.05, 4.69) is 31.7 Å². The fraction of sp³-hybridized carbons (Fsp3) is 0.280. The van der Waals surface area contributed by atoms with Crippen molar-refractivity contribution in [2.75, 3.05) is 19.5 Å². The summed E-state index contributed by atoms with van der Waals surface area (Å²) in [5, 5.41) is 7.45. The van der Waals surface area contributed by atoms with E-state index in [0.29, 0.717) is 23.8 Å². The summed E-state index contributed by atoms with van der Waals surface area (Å²) in [6.07, 6.45) is 6.31. The molecule has 1 aliphatic rings. The van der Waals surface area contributed by atoms with Gasteiger partial charge in [-0.1, -0.05) is 18.2 Å². The molecule has 3 N–H and O–H groups in total. The number of pyridine rings is 1. The standard InChI is InChI=1S/C25H26N6O2/c1-26-22-12-21(29-24(31-22)15-7-8-15)20(11-17-14-27-19-6-4-3-5-18(17)19)30-25(32)16-9-10-23(33-2)28-13-16/h3-6,9-10,12-15,20,27H,7-8,11H2,1-2H3,(H,30,32)(H,26,29,31). The number of H-pyrrole nitrogens is 1. The minimum Gasteiger partial charge on any atom is -0.481 e. The first-order chi connectivity index (χ1) is 16.1. The highest BCUT2D eigenvalue weighted by Crippen LogP contribution is 2.39. The Morgan fingerprint density at radius 1 is 1.21 bits per heavy atom. The van der Waals surface area contributed by atoms with Crippen LogP contribution in [-0.4, -0.2) is 40.0 Å². The highest BCUT2D eigenvalue weighted by Gasteiger charge is 2.29. The number of nitrogens with one attached hydrogen (secondary N) is 3. The maximum absolute atomic E-state index is 13.1. The van der Waals surface area contributed by atoms with E-state index >= 15 is 0 Å². The number of carbonyl (C=O) groups excluding carboxylic acids is 1. The number of aromatic amines is 1. The first-order valence-corrected chi connectivity index (χ1v) is 11.1. The molecule has 1 atom stereocenters. The van der Waals surface area contributed by atoms with Crippen LogP contribution in [0, 0.1) is 0 Å². The molecule has 0 bridgehead atoms. The Morgan fingerprint density at radius 3 is 2.79 bits per heavy atom. The van der Waals surface area contributed by atoms with Crippen LogP contribution in [0.5, 0.6) is 5.88 Å². The number of fused-ring (bicyclic) bond motifs is 1. The maximum Gasteiger partial charge on any atom is 0.253 e. The number of carbonyl (C=O) groups is 1. The predicted octanol–water partition coefficient (Wildman–Crippen LogP) is 3.99. The van der Waals surface area contributed by atoms with Gasteiger partial charge in [0.25, 0.3) is 5.91 Å². The summed E-state index contributed by atoms with van der Waals surface area (Å²) in [4.78, 5) is 30.1. The molecule has 3 heterocycles. The van der Waals surface area contributed by atoms with E-state index in [0.717, 1.165) is 46.6 Å². The summed E-state index contributed by atoms with van der Waals surface area (Å²) in [5.74, 6) is 2.23. The molecule has 5 rings (SSSR count). The Kier molecular flexibility index (Phi) is 5.64. The average Bonchev–Trinajstić information content (AvgIpc) is 3.64. The van der Waals surface area contributed by atoms with Crippen LogP contribution in [0.3, 0.4) is 0 Å². The van der Waals surface area contributed by atoms with Crippen LogP contribution < -0.4 is 15.4 Å². The molecular formula is C25H26N6O2. The topological polar surface area (TPSA) is 105 Å². The van der Waals surface area contributed by atoms with Gasteiger partial charge in [-0.15, -0.1) is 0 Å². The summed E-state index contributed by atoms with van der Waals surface area (Å²) in [5.41, 5.74) is 3.43. The van der Waals surface area contributed by atoms with Gasteiger partial charge < -0.3 is 20.4 Å². The number of ether oxygens (including phenoxy) is 1. The summed E-state index contributed by atoms with van der Waals surface area (Å²) in [7, 11) is 3.39. The molecule has 1 aromatic carbocycles. The lowest BCUT2D eigenvalue weighted by Gasteiger charge is -2.20. The van der Waals surface area contributed by atoms with Crippen LogP contribution in [0.15, 0.2) is 54.9 Å². The molecule has 8 nitrogen and oxygen atoms in total. The summed E-state index contributed by atoms with van der Waals surface area (Å²) in [6.45, 7) is 0. The summed E-state index contributed by atoms with van der Waals surface area (Å²) in [6, 6.07) is 13.1. The molecule has 1 fully saturated rings. The number of methoxy groups -OCH3 is 1. The van der Waals surface area contributed by atoms with Crippen LogP contribution in [0.2, 0.25) is 0 Å². The molecule has 3 aromatic heterocycles. The Balaban J connectivity index is 1.50. The van der Waals surface area contributed by atoms with Crippen LogP contribution in [0.1, 0.15) is 52.2 Å². The Bertz CT molecular complexity index is 1280. The van der Waals surface area contributed by atoms with Gasteiger partial charge in [0.1, 0.15) is 11.6 Å². The Labute approximate surface area is 191 Å². The first-order valence-electron chi connectivity index (χ1n) is 11.1. The SMILES string of the molecule is CNc1cc(C(Cc2c[nH]c3ccccc23)NC(=O)c2ccc(OC)nc2)nc(C2CC2)n1. The lowest BCUT2D eigenvalue weighted by atomic mass is 10.0. The molecule has 168 valence electrons. The number of hydrogen-bond donors (Lipinski definition) is 3. The van der Waals surface area contributed by atoms with E-state index in [9.17, 15) is 4.79 Å². The second-order valence-corrected chi connectivity index (χ2v) is 8.24. The number of aromatic nitrogens is 4. The molecule has 4 aromatic rings. The van der Waals surface area contributed by atoms with Crippen molar-refractivity contribution < 1.29 is 9.53 Å². The third-order valence-electron chi connectivity index (χ3n) is 5.93. The van der Waals surface area contributed by atoms with E-state index in [-0.39, 0.29) is 11.9 Å². The number of nitrogens with zero attached hydrogens (tertiary/aromatic N) is 3. The monoisotopic (exact) mass is 442 g/mol. The van der Waals surface area contributed by atoms with Crippen LogP contribution in [-0.2, 0) is 6.42 Å². The van der Waals surface area contributed by atoms with Gasteiger partial charge in [-0.3, -0.25) is 4.79 Å². The lowest BCUT2D eigenvalue weighted by Crippen LogP contribution is -2.31. The van der Waals surface area contributed by atoms with Crippen LogP contribution in [0.4, 0.5) is 5.82 Å². The van der Waals surface area contributed by atoms with Gasteiger partial charge >= 0.3 is 0 Å². The van der Waals surface area contributed by atoms with Gasteiger partial charge in [-0.2, -0.15) is 0 Å². The van der Waals surface area contributed by atoms with E-state index in [4.69, 9.17) is 9.72 Å². The second kappa shape index (κ2) is 8.90. The van der Waals surface area contributed by atoms with E-state index in [1.807, 2.05) is 37.5 Å². The first kappa shape index (κ1) is 20.9. The van der Waals surface area contributed by atoms with Crippen molar-refractivity contribution in [1.82, 2.24) is 25.3 Å². The molecule has 1 saturated carbocycles. The van der Waals surface area contributed by atoms with Crippen molar-refractivity contribution in [3.05, 3.63) is 77.5 Å². The zero-order chi connectivity index (χ0) is 22.8. The Morgan fingerprint density at radius 2 is 2.06 bits per heavy atom. The molecule has 33 heavy (non-hydrogen) atoms. The molecule has 0 radical (unpaired) electrons. The minimum absolute atomic E-state index is 0.215. The lowest BCUT2D eigenvalue weighted by molar-refractivity contribution is 0.0935. The maximum atomic E-state index is 13.1. The van der Waals surface area contributed by atoms with Crippen molar-refractivity contribution in [1.29, 1.82) is 0 Å². The fourth-order valence-electron chi connectivity index (χ4n) is 3.94. The van der Waals surface area contributed by atoms with Gasteiger partial charge in [0.05, 0.1) is 24.4 Å². The molecule has 1 unspecified atom stereocenters. The predicted molar refractivity (Wildman–Crippen MR) is 127 cm³/mol. The number of anilines is 1. The van der Waals surface area contributed by atoms with Crippen molar-refractivity contribution in [2.24, 2.45) is 0 Å². The van der Waals surface area contributed by atoms with Gasteiger partial charge in [-0.25, -0.2) is 15.0 Å². The highest BCUT2D eigenvalue weighted by atomic mass is 16.5. The average molecular weight is 443 g/mol. The molecule has 0 spiro atoms. The minimum atomic E-state index is -0.341. The Hall–Kier alpha value is -3.94. The van der Waals surface area contributed by atoms with Crippen molar-refractivity contribution >= 4 is 22.6 Å². The van der Waals surface area contributed by atoms with E-state index in [1.54, 1.807) is 19.2 Å². The summed E-state index contributed by atoms with van der Waals surface area (Å²) < 4.78 is 5.11. The largest absolute Gasteiger partial charge is 0.481 e. The molecule has 1 aliphatic carbocycles. The third-order valence-corrected chi connectivity index (χ3v) is 5.93. The molecule has 8 heteroatoms. The number of hydrogen-bond acceptors (Lipinski definition) is 6.